The van der Waals surface area contributed by atoms with Gasteiger partial charge in [-0.2, -0.15) is 22.0 Å². The Morgan fingerprint density at radius 1 is 0.239 bits per heavy atom. The zero-order chi connectivity index (χ0) is 108. The molecule has 4 aliphatic heterocycles. The van der Waals surface area contributed by atoms with Crippen LogP contribution in [-0.4, -0.2) is 22.2 Å². The largest absolute Gasteiger partial charge is 0.295 e. The predicted octanol–water partition coefficient (Wildman–Crippen LogP) is 29.7. The molecule has 4 aliphatic rings. The summed E-state index contributed by atoms with van der Waals surface area (Å²) in [7, 11) is 10.8. The molecule has 14 heterocycles. The van der Waals surface area contributed by atoms with Crippen molar-refractivity contribution in [2.45, 2.75) is 223 Å². The summed E-state index contributed by atoms with van der Waals surface area (Å²) in [6.45, 7) is 46.5. The highest BCUT2D eigenvalue weighted by molar-refractivity contribution is 6.20. The van der Waals surface area contributed by atoms with Gasteiger partial charge in [0, 0.05) is 148 Å². The van der Waals surface area contributed by atoms with Crippen molar-refractivity contribution in [3.05, 3.63) is 368 Å². The van der Waals surface area contributed by atoms with Gasteiger partial charge in [-0.1, -0.05) is 353 Å². The lowest BCUT2D eigenvalue weighted by molar-refractivity contribution is -0.644. The molecular formula is C132H137N10+5. The first-order chi connectivity index (χ1) is 71.0. The van der Waals surface area contributed by atoms with Crippen molar-refractivity contribution >= 4 is 137 Å². The quantitative estimate of drug-likeness (QED) is 0.125. The maximum Gasteiger partial charge on any atom is 0.295 e. The molecule has 0 saturated carbocycles. The average Bonchev–Trinajstić information content (AvgIpc) is 1.51. The molecule has 0 saturated heterocycles. The number of benzene rings is 13. The van der Waals surface area contributed by atoms with Crippen molar-refractivity contribution < 1.29 is 35.0 Å². The SMILES string of the molecule is Cc1ccc2c3c1c1cccc(C)c1c1n3c(c(-c3ccccc3)[n+]1C)C(C)(C)C2(C)C.Cc1ccc2c3c1c1cccc(C)c1c1n3c(c[n+]1C)C(C)(C)C2(C)C.[2H]C([2H])([2H])c1ccc2c3c1c1cccc(C)c1c1n3c(c(-c3ccccc3)[n+]1C)C(C)(C)C2(C)C.[2H]C([2H])([2H])c1ccc2c3c1c1cccc(C)c1c1n3c(c[n+]1C)C(C)(C)C2(C)C.[2H]C([2H])([2H])c1cccc2c1c1cccc(C)c1c1n(C)c(-c3ccccc3)c[n+]21. The molecule has 0 spiro atoms. The summed E-state index contributed by atoms with van der Waals surface area (Å²) in [4.78, 5) is 0. The van der Waals surface area contributed by atoms with Crippen molar-refractivity contribution in [1.29, 1.82) is 0 Å². The van der Waals surface area contributed by atoms with Gasteiger partial charge in [-0.3, -0.25) is 0 Å². The second kappa shape index (κ2) is 31.0. The smallest absolute Gasteiger partial charge is 0.232 e. The van der Waals surface area contributed by atoms with Gasteiger partial charge >= 0.3 is 0 Å². The molecule has 0 bridgehead atoms. The monoisotopic (exact) mass is 1870 g/mol. The number of hydrogen-bond donors (Lipinski definition) is 0. The van der Waals surface area contributed by atoms with Crippen molar-refractivity contribution in [2.75, 3.05) is 0 Å². The van der Waals surface area contributed by atoms with E-state index in [9.17, 15) is 0 Å². The molecule has 0 aliphatic carbocycles. The van der Waals surface area contributed by atoms with E-state index in [1.165, 1.54) is 144 Å². The second-order valence-electron chi connectivity index (χ2n) is 46.0. The normalized spacial score (nSPS) is 17.2. The fourth-order valence-corrected chi connectivity index (χ4v) is 26.4. The van der Waals surface area contributed by atoms with E-state index in [1.54, 1.807) is 6.07 Å². The maximum absolute atomic E-state index is 8.41. The zero-order valence-corrected chi connectivity index (χ0v) is 87.9. The lowest BCUT2D eigenvalue weighted by atomic mass is 9.60. The Balaban J connectivity index is 0.000000104. The molecule has 13 aromatic carbocycles. The first-order valence-corrected chi connectivity index (χ1v) is 50.6. The second-order valence-corrected chi connectivity index (χ2v) is 46.0. The molecule has 142 heavy (non-hydrogen) atoms. The van der Waals surface area contributed by atoms with Gasteiger partial charge in [0.2, 0.25) is 0 Å². The summed E-state index contributed by atoms with van der Waals surface area (Å²) in [5.41, 5.74) is 38.8. The number of imidazole rings is 5. The maximum atomic E-state index is 8.41. The number of aryl methyl sites for hydroxylation is 15. The summed E-state index contributed by atoms with van der Waals surface area (Å²) in [6, 6.07) is 86.7. The third-order valence-electron chi connectivity index (χ3n) is 36.7. The first kappa shape index (κ1) is 81.6. The summed E-state index contributed by atoms with van der Waals surface area (Å²) >= 11 is 0. The molecule has 10 heteroatoms. The van der Waals surface area contributed by atoms with Crippen LogP contribution in [0.25, 0.3) is 170 Å². The predicted molar refractivity (Wildman–Crippen MR) is 596 cm³/mol. The van der Waals surface area contributed by atoms with Gasteiger partial charge in [-0.25, -0.2) is 22.8 Å². The highest BCUT2D eigenvalue weighted by atomic mass is 15.2. The van der Waals surface area contributed by atoms with Gasteiger partial charge in [0.1, 0.15) is 46.2 Å². The van der Waals surface area contributed by atoms with E-state index in [0.29, 0.717) is 16.7 Å². The average molecular weight is 1870 g/mol. The zero-order valence-electron chi connectivity index (χ0n) is 96.9. The van der Waals surface area contributed by atoms with Crippen LogP contribution in [0, 0.1) is 69.0 Å². The molecule has 0 atom stereocenters. The van der Waals surface area contributed by atoms with E-state index in [2.05, 4.69) is 434 Å². The van der Waals surface area contributed by atoms with Crippen LogP contribution in [-0.2, 0) is 78.6 Å². The number of aromatic nitrogens is 10. The summed E-state index contributed by atoms with van der Waals surface area (Å²) in [5, 5.41) is 17.2. The van der Waals surface area contributed by atoms with E-state index >= 15 is 0 Å². The van der Waals surface area contributed by atoms with Crippen LogP contribution < -0.4 is 22.7 Å². The van der Waals surface area contributed by atoms with E-state index in [4.69, 9.17) is 12.3 Å². The van der Waals surface area contributed by atoms with Crippen LogP contribution in [0.5, 0.6) is 0 Å². The van der Waals surface area contributed by atoms with Crippen molar-refractivity contribution in [1.82, 2.24) is 22.2 Å². The summed E-state index contributed by atoms with van der Waals surface area (Å²) in [6.07, 6.45) is 6.70. The number of hydrogen-bond acceptors (Lipinski definition) is 0. The third-order valence-corrected chi connectivity index (χ3v) is 36.7. The van der Waals surface area contributed by atoms with Gasteiger partial charge in [0.05, 0.1) is 62.2 Å². The molecule has 710 valence electrons. The molecule has 10 aromatic heterocycles. The number of rotatable bonds is 3. The van der Waals surface area contributed by atoms with E-state index in [0.717, 1.165) is 110 Å². The Hall–Kier alpha value is -14.1. The fourth-order valence-electron chi connectivity index (χ4n) is 26.4. The van der Waals surface area contributed by atoms with Gasteiger partial charge in [-0.15, -0.1) is 0 Å². The van der Waals surface area contributed by atoms with Crippen LogP contribution in [0.3, 0.4) is 0 Å². The van der Waals surface area contributed by atoms with Crippen molar-refractivity contribution in [2.24, 2.45) is 35.2 Å². The van der Waals surface area contributed by atoms with E-state index in [1.807, 2.05) is 66.7 Å². The van der Waals surface area contributed by atoms with Gasteiger partial charge in [0.25, 0.3) is 28.2 Å². The number of fused-ring (bicyclic) bond motifs is 18. The molecule has 23 aromatic rings. The lowest BCUT2D eigenvalue weighted by Gasteiger charge is -2.43. The van der Waals surface area contributed by atoms with Gasteiger partial charge in [0.15, 0.2) is 39.9 Å². The minimum absolute atomic E-state index is 0.0196. The topological polar surface area (TPSA) is 42.2 Å². The molecule has 0 unspecified atom stereocenters. The standard InChI is InChI=1S/2C30H31N2.2C24H27N2.C24H21N2/c2*1-18-12-11-15-21-23-19(2)16-17-22-26(23)32-27(30(5,6)29(22,3)4)25(20-13-9-8-10-14-20)31(7)28(32)24(18)21;2*1-14-9-8-10-16-19-15(2)11-12-17-21(19)26-18(24(5,6)23(17,3)4)13-25(7)22(26)20(14)16;1-16-10-8-14-20-22(16)19-13-7-9-17(2)23(19)24-25(3)21(15-26(20)24)18-11-5-4-6-12-18/h2*8-17H,1-7H3;2*8-13H,1-7H3;4-15H,1-3H3/q5*+1/i2D3;;2D3;;1D3. The highest BCUT2D eigenvalue weighted by Gasteiger charge is 2.57. The fraction of sp³-hybridized carbons (Fsp3) is 0.295. The molecule has 0 N–H and O–H groups in total. The molecule has 0 radical (unpaired) electrons. The van der Waals surface area contributed by atoms with Gasteiger partial charge in [-0.05, 0) is 131 Å². The molecule has 0 fully saturated rings. The highest BCUT2D eigenvalue weighted by Crippen LogP contribution is 2.59. The van der Waals surface area contributed by atoms with Crippen LogP contribution in [0.15, 0.2) is 267 Å². The van der Waals surface area contributed by atoms with Crippen LogP contribution in [0.1, 0.15) is 224 Å². The lowest BCUT2D eigenvalue weighted by Crippen LogP contribution is -2.44. The summed E-state index contributed by atoms with van der Waals surface area (Å²) in [5.74, 6) is 0. The Bertz CT molecular complexity index is 9890. The van der Waals surface area contributed by atoms with Crippen LogP contribution >= 0.6 is 0 Å². The van der Waals surface area contributed by atoms with Crippen molar-refractivity contribution in [3.8, 4) is 33.8 Å². The van der Waals surface area contributed by atoms with Crippen LogP contribution in [0.2, 0.25) is 0 Å². The first-order valence-electron chi connectivity index (χ1n) is 55.1. The van der Waals surface area contributed by atoms with Gasteiger partial charge < -0.3 is 0 Å². The van der Waals surface area contributed by atoms with E-state index in [-0.39, 0.29) is 43.3 Å². The minimum atomic E-state index is -2.21. The number of pyridine rings is 5. The Morgan fingerprint density at radius 2 is 0.514 bits per heavy atom. The van der Waals surface area contributed by atoms with Crippen LogP contribution in [0.4, 0.5) is 0 Å². The Morgan fingerprint density at radius 3 is 0.866 bits per heavy atom. The van der Waals surface area contributed by atoms with Crippen molar-refractivity contribution in [3.63, 3.8) is 0 Å². The molecule has 10 nitrogen and oxygen atoms in total. The Kier molecular flexibility index (Phi) is 17.8. The number of nitrogens with zero attached hydrogens (tertiary/aromatic N) is 10. The summed E-state index contributed by atoms with van der Waals surface area (Å²) < 4.78 is 97.8. The Labute approximate surface area is 848 Å². The minimum Gasteiger partial charge on any atom is -0.232 e. The third kappa shape index (κ3) is 11.9. The van der Waals surface area contributed by atoms with E-state index < -0.39 is 20.6 Å². The molecule has 0 amide bonds. The molecule has 27 rings (SSSR count). The molecular weight excluding hydrogens is 1730 g/mol.